The minimum Gasteiger partial charge on any atom is -0.488 e. The number of fused-ring (bicyclic) bond motifs is 1. The van der Waals surface area contributed by atoms with Crippen molar-refractivity contribution >= 4 is 11.6 Å². The first-order chi connectivity index (χ1) is 8.74. The lowest BCUT2D eigenvalue weighted by atomic mass is 9.99. The Balaban J connectivity index is 1.80. The SMILES string of the molecule is NC(c1ccc(Cl)cc1)C1Cc2ccccc2O1. The highest BCUT2D eigenvalue weighted by Crippen LogP contribution is 2.33. The van der Waals surface area contributed by atoms with Gasteiger partial charge in [0.25, 0.3) is 0 Å². The van der Waals surface area contributed by atoms with Gasteiger partial charge in [0.15, 0.2) is 0 Å². The Morgan fingerprint density at radius 1 is 1.11 bits per heavy atom. The maximum atomic E-state index is 6.26. The lowest BCUT2D eigenvalue weighted by Gasteiger charge is -2.19. The van der Waals surface area contributed by atoms with E-state index in [2.05, 4.69) is 6.07 Å². The number of hydrogen-bond donors (Lipinski definition) is 1. The lowest BCUT2D eigenvalue weighted by molar-refractivity contribution is 0.200. The van der Waals surface area contributed by atoms with E-state index in [1.807, 2.05) is 42.5 Å². The average molecular weight is 260 g/mol. The molecule has 0 amide bonds. The molecule has 1 heterocycles. The van der Waals surface area contributed by atoms with E-state index in [4.69, 9.17) is 22.1 Å². The number of halogens is 1. The maximum absolute atomic E-state index is 6.26. The van der Waals surface area contributed by atoms with Crippen LogP contribution < -0.4 is 10.5 Å². The van der Waals surface area contributed by atoms with Gasteiger partial charge >= 0.3 is 0 Å². The first-order valence-electron chi connectivity index (χ1n) is 5.99. The van der Waals surface area contributed by atoms with Crippen molar-refractivity contribution in [2.75, 3.05) is 0 Å². The summed E-state index contributed by atoms with van der Waals surface area (Å²) in [4.78, 5) is 0. The van der Waals surface area contributed by atoms with Gasteiger partial charge in [-0.25, -0.2) is 0 Å². The number of para-hydroxylation sites is 1. The lowest BCUT2D eigenvalue weighted by Crippen LogP contribution is -2.29. The molecule has 18 heavy (non-hydrogen) atoms. The average Bonchev–Trinajstić information content (AvgIpc) is 2.82. The highest BCUT2D eigenvalue weighted by Gasteiger charge is 2.28. The third kappa shape index (κ3) is 2.09. The van der Waals surface area contributed by atoms with Crippen LogP contribution in [0.15, 0.2) is 48.5 Å². The summed E-state index contributed by atoms with van der Waals surface area (Å²) in [6, 6.07) is 15.6. The fourth-order valence-corrected chi connectivity index (χ4v) is 2.43. The molecule has 0 saturated heterocycles. The number of nitrogens with two attached hydrogens (primary N) is 1. The van der Waals surface area contributed by atoms with Crippen LogP contribution in [0.1, 0.15) is 17.2 Å². The van der Waals surface area contributed by atoms with Crippen LogP contribution in [0, 0.1) is 0 Å². The van der Waals surface area contributed by atoms with Crippen LogP contribution in [0.25, 0.3) is 0 Å². The molecule has 0 bridgehead atoms. The van der Waals surface area contributed by atoms with Gasteiger partial charge in [-0.3, -0.25) is 0 Å². The van der Waals surface area contributed by atoms with Gasteiger partial charge in [-0.05, 0) is 29.3 Å². The van der Waals surface area contributed by atoms with Crippen molar-refractivity contribution < 1.29 is 4.74 Å². The van der Waals surface area contributed by atoms with Gasteiger partial charge < -0.3 is 10.5 Å². The molecule has 2 nitrogen and oxygen atoms in total. The summed E-state index contributed by atoms with van der Waals surface area (Å²) in [6.07, 6.45) is 0.864. The molecule has 2 unspecified atom stereocenters. The normalized spacial score (nSPS) is 19.1. The number of rotatable bonds is 2. The molecular weight excluding hydrogens is 246 g/mol. The van der Waals surface area contributed by atoms with Crippen LogP contribution in [0.5, 0.6) is 5.75 Å². The number of ether oxygens (including phenoxy) is 1. The molecule has 0 aliphatic carbocycles. The third-order valence-electron chi connectivity index (χ3n) is 3.33. The van der Waals surface area contributed by atoms with Crippen LogP contribution >= 0.6 is 11.6 Å². The Labute approximate surface area is 111 Å². The zero-order valence-electron chi connectivity index (χ0n) is 9.84. The molecule has 2 N–H and O–H groups in total. The molecule has 3 rings (SSSR count). The Kier molecular flexibility index (Phi) is 2.98. The number of hydrogen-bond acceptors (Lipinski definition) is 2. The van der Waals surface area contributed by atoms with Crippen LogP contribution in [-0.4, -0.2) is 6.10 Å². The highest BCUT2D eigenvalue weighted by atomic mass is 35.5. The molecule has 0 fully saturated rings. The van der Waals surface area contributed by atoms with Crippen molar-refractivity contribution in [3.05, 3.63) is 64.7 Å². The molecule has 2 aromatic rings. The van der Waals surface area contributed by atoms with E-state index in [1.54, 1.807) is 0 Å². The van der Waals surface area contributed by atoms with Gasteiger partial charge in [-0.2, -0.15) is 0 Å². The Morgan fingerprint density at radius 2 is 1.83 bits per heavy atom. The first-order valence-corrected chi connectivity index (χ1v) is 6.37. The molecule has 92 valence electrons. The Hall–Kier alpha value is -1.51. The second-order valence-corrected chi connectivity index (χ2v) is 4.98. The van der Waals surface area contributed by atoms with Crippen molar-refractivity contribution in [2.24, 2.45) is 5.73 Å². The molecule has 0 aromatic heterocycles. The molecule has 3 heteroatoms. The summed E-state index contributed by atoms with van der Waals surface area (Å²) >= 11 is 5.88. The molecule has 0 radical (unpaired) electrons. The minimum atomic E-state index is -0.130. The largest absolute Gasteiger partial charge is 0.488 e. The fraction of sp³-hybridized carbons (Fsp3) is 0.200. The van der Waals surface area contributed by atoms with Crippen LogP contribution in [0.3, 0.4) is 0 Å². The van der Waals surface area contributed by atoms with E-state index in [9.17, 15) is 0 Å². The van der Waals surface area contributed by atoms with Crippen LogP contribution in [-0.2, 0) is 6.42 Å². The first kappa shape index (κ1) is 11.6. The predicted octanol–water partition coefficient (Wildman–Crippen LogP) is 3.34. The number of benzene rings is 2. The fourth-order valence-electron chi connectivity index (χ4n) is 2.31. The van der Waals surface area contributed by atoms with E-state index < -0.39 is 0 Å². The van der Waals surface area contributed by atoms with E-state index in [0.717, 1.165) is 22.8 Å². The zero-order chi connectivity index (χ0) is 12.5. The second-order valence-electron chi connectivity index (χ2n) is 4.55. The van der Waals surface area contributed by atoms with Gasteiger partial charge in [0.2, 0.25) is 0 Å². The van der Waals surface area contributed by atoms with Gasteiger partial charge in [-0.1, -0.05) is 41.9 Å². The molecule has 1 aliphatic rings. The van der Waals surface area contributed by atoms with Gasteiger partial charge in [0.1, 0.15) is 11.9 Å². The smallest absolute Gasteiger partial charge is 0.123 e. The van der Waals surface area contributed by atoms with E-state index in [0.29, 0.717) is 0 Å². The van der Waals surface area contributed by atoms with Crippen LogP contribution in [0.2, 0.25) is 5.02 Å². The quantitative estimate of drug-likeness (QED) is 0.898. The Bertz CT molecular complexity index is 528. The van der Waals surface area contributed by atoms with Crippen molar-refractivity contribution in [3.8, 4) is 5.75 Å². The summed E-state index contributed by atoms with van der Waals surface area (Å²) in [5.41, 5.74) is 8.54. The van der Waals surface area contributed by atoms with Gasteiger partial charge in [0, 0.05) is 11.4 Å². The highest BCUT2D eigenvalue weighted by molar-refractivity contribution is 6.30. The van der Waals surface area contributed by atoms with E-state index in [-0.39, 0.29) is 12.1 Å². The van der Waals surface area contributed by atoms with Crippen molar-refractivity contribution in [2.45, 2.75) is 18.6 Å². The molecule has 0 saturated carbocycles. The molecule has 2 aromatic carbocycles. The third-order valence-corrected chi connectivity index (χ3v) is 3.58. The summed E-state index contributed by atoms with van der Waals surface area (Å²) in [5.74, 6) is 0.951. The minimum absolute atomic E-state index is 0.00331. The summed E-state index contributed by atoms with van der Waals surface area (Å²) in [7, 11) is 0. The van der Waals surface area contributed by atoms with Gasteiger partial charge in [0.05, 0.1) is 6.04 Å². The summed E-state index contributed by atoms with van der Waals surface area (Å²) in [5, 5.41) is 0.724. The van der Waals surface area contributed by atoms with Crippen molar-refractivity contribution in [3.63, 3.8) is 0 Å². The summed E-state index contributed by atoms with van der Waals surface area (Å²) in [6.45, 7) is 0. The van der Waals surface area contributed by atoms with E-state index in [1.165, 1.54) is 5.56 Å². The predicted molar refractivity (Wildman–Crippen MR) is 72.9 cm³/mol. The summed E-state index contributed by atoms with van der Waals surface area (Å²) < 4.78 is 5.90. The Morgan fingerprint density at radius 3 is 2.56 bits per heavy atom. The standard InChI is InChI=1S/C15H14ClNO/c16-12-7-5-10(6-8-12)15(17)14-9-11-3-1-2-4-13(11)18-14/h1-8,14-15H,9,17H2. The topological polar surface area (TPSA) is 35.2 Å². The van der Waals surface area contributed by atoms with E-state index >= 15 is 0 Å². The van der Waals surface area contributed by atoms with Crippen molar-refractivity contribution in [1.29, 1.82) is 0 Å². The molecule has 0 spiro atoms. The van der Waals surface area contributed by atoms with Crippen molar-refractivity contribution in [1.82, 2.24) is 0 Å². The maximum Gasteiger partial charge on any atom is 0.123 e. The monoisotopic (exact) mass is 259 g/mol. The van der Waals surface area contributed by atoms with Crippen LogP contribution in [0.4, 0.5) is 0 Å². The zero-order valence-corrected chi connectivity index (χ0v) is 10.6. The molecule has 2 atom stereocenters. The van der Waals surface area contributed by atoms with Gasteiger partial charge in [-0.15, -0.1) is 0 Å². The molecular formula is C15H14ClNO. The second kappa shape index (κ2) is 4.63. The molecule has 1 aliphatic heterocycles.